The minimum Gasteiger partial charge on any atom is -0.469 e. The van der Waals surface area contributed by atoms with Gasteiger partial charge in [0.2, 0.25) is 5.91 Å². The lowest BCUT2D eigenvalue weighted by Crippen LogP contribution is -2.25. The van der Waals surface area contributed by atoms with E-state index < -0.39 is 0 Å². The van der Waals surface area contributed by atoms with Crippen molar-refractivity contribution in [3.63, 3.8) is 0 Å². The Morgan fingerprint density at radius 1 is 1.50 bits per heavy atom. The number of hydrogen-bond acceptors (Lipinski definition) is 4. The highest BCUT2D eigenvalue weighted by Gasteiger charge is 2.11. The Morgan fingerprint density at radius 3 is 2.64 bits per heavy atom. The number of ether oxygens (including phenoxy) is 1. The molecule has 0 spiro atoms. The quantitative estimate of drug-likeness (QED) is 0.672. The Labute approximate surface area is 88.8 Å². The molecule has 0 saturated heterocycles. The number of thioether (sulfide) groups is 1. The van der Waals surface area contributed by atoms with E-state index in [9.17, 15) is 9.59 Å². The van der Waals surface area contributed by atoms with Gasteiger partial charge in [-0.2, -0.15) is 0 Å². The molecule has 1 unspecified atom stereocenters. The molecule has 0 fully saturated rings. The number of rotatable bonds is 6. The maximum atomic E-state index is 11.1. The van der Waals surface area contributed by atoms with E-state index in [-0.39, 0.29) is 17.1 Å². The average molecular weight is 219 g/mol. The molecule has 0 aliphatic rings. The van der Waals surface area contributed by atoms with Crippen LogP contribution in [0.15, 0.2) is 0 Å². The monoisotopic (exact) mass is 219 g/mol. The molecule has 0 aliphatic heterocycles. The highest BCUT2D eigenvalue weighted by molar-refractivity contribution is 8.00. The second kappa shape index (κ2) is 7.67. The molecule has 82 valence electrons. The summed E-state index contributed by atoms with van der Waals surface area (Å²) in [6.45, 7) is 4.42. The number of hydrogen-bond donors (Lipinski definition) is 1. The van der Waals surface area contributed by atoms with Crippen LogP contribution in [0.4, 0.5) is 0 Å². The Kier molecular flexibility index (Phi) is 7.28. The summed E-state index contributed by atoms with van der Waals surface area (Å²) in [6, 6.07) is 0. The summed E-state index contributed by atoms with van der Waals surface area (Å²) in [5.41, 5.74) is 0. The summed E-state index contributed by atoms with van der Waals surface area (Å²) in [5.74, 6) is 0.168. The summed E-state index contributed by atoms with van der Waals surface area (Å²) in [6.07, 6.45) is 0.348. The van der Waals surface area contributed by atoms with Crippen LogP contribution in [-0.2, 0) is 14.3 Å². The van der Waals surface area contributed by atoms with Crippen molar-refractivity contribution in [2.75, 3.05) is 19.4 Å². The van der Waals surface area contributed by atoms with E-state index in [2.05, 4.69) is 10.1 Å². The third-order valence-electron chi connectivity index (χ3n) is 1.55. The summed E-state index contributed by atoms with van der Waals surface area (Å²) in [4.78, 5) is 21.9. The van der Waals surface area contributed by atoms with Crippen LogP contribution in [0.3, 0.4) is 0 Å². The van der Waals surface area contributed by atoms with Gasteiger partial charge in [-0.05, 0) is 6.92 Å². The first kappa shape index (κ1) is 13.3. The molecule has 0 bridgehead atoms. The normalized spacial score (nSPS) is 11.9. The summed E-state index contributed by atoms with van der Waals surface area (Å²) >= 11 is 1.46. The van der Waals surface area contributed by atoms with Crippen molar-refractivity contribution in [2.45, 2.75) is 25.5 Å². The predicted octanol–water partition coefficient (Wildman–Crippen LogP) is 0.807. The second-order valence-corrected chi connectivity index (χ2v) is 4.28. The van der Waals surface area contributed by atoms with Gasteiger partial charge in [-0.1, -0.05) is 6.92 Å². The van der Waals surface area contributed by atoms with Crippen LogP contribution in [0.5, 0.6) is 0 Å². The van der Waals surface area contributed by atoms with Gasteiger partial charge < -0.3 is 10.1 Å². The molecule has 0 aliphatic carbocycles. The molecule has 0 aromatic heterocycles. The topological polar surface area (TPSA) is 55.4 Å². The van der Waals surface area contributed by atoms with Crippen molar-refractivity contribution in [2.24, 2.45) is 0 Å². The molecule has 1 N–H and O–H groups in total. The van der Waals surface area contributed by atoms with E-state index in [1.165, 1.54) is 18.9 Å². The fourth-order valence-corrected chi connectivity index (χ4v) is 1.64. The van der Waals surface area contributed by atoms with Crippen molar-refractivity contribution >= 4 is 23.6 Å². The van der Waals surface area contributed by atoms with Crippen molar-refractivity contribution in [3.05, 3.63) is 0 Å². The van der Waals surface area contributed by atoms with E-state index in [4.69, 9.17) is 0 Å². The van der Waals surface area contributed by atoms with Gasteiger partial charge in [-0.15, -0.1) is 11.8 Å². The maximum absolute atomic E-state index is 11.1. The lowest BCUT2D eigenvalue weighted by Gasteiger charge is -2.09. The van der Waals surface area contributed by atoms with Gasteiger partial charge in [0.25, 0.3) is 0 Å². The fraction of sp³-hybridized carbons (Fsp3) is 0.778. The molecule has 0 saturated carbocycles. The molecule has 4 nitrogen and oxygen atoms in total. The number of carbonyl (C=O) groups is 2. The summed E-state index contributed by atoms with van der Waals surface area (Å²) in [7, 11) is 1.36. The molecule has 14 heavy (non-hydrogen) atoms. The number of carbonyl (C=O) groups excluding carboxylic acids is 2. The van der Waals surface area contributed by atoms with Gasteiger partial charge in [0.1, 0.15) is 0 Å². The Morgan fingerprint density at radius 2 is 2.14 bits per heavy atom. The Balaban J connectivity index is 3.57. The molecule has 1 atom stereocenters. The highest BCUT2D eigenvalue weighted by atomic mass is 32.2. The van der Waals surface area contributed by atoms with Crippen molar-refractivity contribution in [3.8, 4) is 0 Å². The zero-order valence-electron chi connectivity index (χ0n) is 8.83. The van der Waals surface area contributed by atoms with E-state index in [1.807, 2.05) is 13.8 Å². The Bertz CT molecular complexity index is 196. The second-order valence-electron chi connectivity index (χ2n) is 2.86. The predicted molar refractivity (Wildman–Crippen MR) is 57.2 cm³/mol. The number of esters is 1. The largest absolute Gasteiger partial charge is 0.469 e. The van der Waals surface area contributed by atoms with Crippen LogP contribution in [0.25, 0.3) is 0 Å². The van der Waals surface area contributed by atoms with E-state index in [0.717, 1.165) is 0 Å². The molecule has 0 heterocycles. The van der Waals surface area contributed by atoms with Crippen LogP contribution >= 0.6 is 11.8 Å². The first-order valence-electron chi connectivity index (χ1n) is 4.55. The van der Waals surface area contributed by atoms with E-state index in [0.29, 0.717) is 18.7 Å². The van der Waals surface area contributed by atoms with Crippen molar-refractivity contribution < 1.29 is 14.3 Å². The number of amides is 1. The molecule has 0 aromatic carbocycles. The molecular formula is C9H17NO3S. The summed E-state index contributed by atoms with van der Waals surface area (Å²) in [5, 5.41) is 2.81. The first-order chi connectivity index (χ1) is 6.60. The number of methoxy groups -OCH3 is 1. The SMILES string of the molecule is CCNC(=O)CSC(C)CC(=O)OC. The minimum absolute atomic E-state index is 0.00853. The van der Waals surface area contributed by atoms with Crippen LogP contribution < -0.4 is 5.32 Å². The zero-order chi connectivity index (χ0) is 11.0. The van der Waals surface area contributed by atoms with Crippen LogP contribution in [0.2, 0.25) is 0 Å². The van der Waals surface area contributed by atoms with Gasteiger partial charge in [-0.25, -0.2) is 0 Å². The van der Waals surface area contributed by atoms with Gasteiger partial charge in [0.15, 0.2) is 0 Å². The minimum atomic E-state index is -0.235. The third-order valence-corrected chi connectivity index (χ3v) is 2.72. The van der Waals surface area contributed by atoms with Crippen LogP contribution in [-0.4, -0.2) is 36.5 Å². The molecule has 5 heteroatoms. The van der Waals surface area contributed by atoms with Crippen molar-refractivity contribution in [1.29, 1.82) is 0 Å². The van der Waals surface area contributed by atoms with Gasteiger partial charge >= 0.3 is 5.97 Å². The van der Waals surface area contributed by atoms with E-state index in [1.54, 1.807) is 0 Å². The maximum Gasteiger partial charge on any atom is 0.306 e. The third kappa shape index (κ3) is 6.77. The molecule has 0 radical (unpaired) electrons. The van der Waals surface area contributed by atoms with Gasteiger partial charge in [-0.3, -0.25) is 9.59 Å². The van der Waals surface area contributed by atoms with E-state index >= 15 is 0 Å². The molecular weight excluding hydrogens is 202 g/mol. The molecule has 0 rings (SSSR count). The molecule has 1 amide bonds. The molecule has 0 aromatic rings. The van der Waals surface area contributed by atoms with Crippen LogP contribution in [0, 0.1) is 0 Å². The number of nitrogens with one attached hydrogen (secondary N) is 1. The van der Waals surface area contributed by atoms with Crippen molar-refractivity contribution in [1.82, 2.24) is 5.32 Å². The lowest BCUT2D eigenvalue weighted by molar-refractivity contribution is -0.140. The zero-order valence-corrected chi connectivity index (χ0v) is 9.65. The summed E-state index contributed by atoms with van der Waals surface area (Å²) < 4.78 is 4.52. The first-order valence-corrected chi connectivity index (χ1v) is 5.60. The average Bonchev–Trinajstić information content (AvgIpc) is 2.15. The van der Waals surface area contributed by atoms with Crippen LogP contribution in [0.1, 0.15) is 20.3 Å². The standard InChI is InChI=1S/C9H17NO3S/c1-4-10-8(11)6-14-7(2)5-9(12)13-3/h7H,4-6H2,1-3H3,(H,10,11). The van der Waals surface area contributed by atoms with Gasteiger partial charge in [0.05, 0.1) is 19.3 Å². The Hall–Kier alpha value is -0.710. The smallest absolute Gasteiger partial charge is 0.306 e. The fourth-order valence-electron chi connectivity index (χ4n) is 0.843. The van der Waals surface area contributed by atoms with Gasteiger partial charge in [0, 0.05) is 11.8 Å². The lowest BCUT2D eigenvalue weighted by atomic mass is 10.3. The highest BCUT2D eigenvalue weighted by Crippen LogP contribution is 2.13.